The van der Waals surface area contributed by atoms with Gasteiger partial charge in [0, 0.05) is 0 Å². The van der Waals surface area contributed by atoms with Crippen molar-refractivity contribution < 1.29 is 4.42 Å². The zero-order valence-corrected chi connectivity index (χ0v) is 16.0. The van der Waals surface area contributed by atoms with E-state index >= 15 is 0 Å². The van der Waals surface area contributed by atoms with E-state index in [4.69, 9.17) is 4.42 Å². The molecule has 138 valence electrons. The summed E-state index contributed by atoms with van der Waals surface area (Å²) >= 11 is 0. The third-order valence-corrected chi connectivity index (χ3v) is 5.48. The van der Waals surface area contributed by atoms with E-state index in [1.54, 1.807) is 0 Å². The molecular formula is C26H18N2O. The van der Waals surface area contributed by atoms with E-state index in [1.807, 2.05) is 18.2 Å². The molecule has 0 radical (unpaired) electrons. The smallest absolute Gasteiger partial charge is 0.307 e. The third kappa shape index (κ3) is 2.55. The van der Waals surface area contributed by atoms with E-state index in [2.05, 4.69) is 89.1 Å². The van der Waals surface area contributed by atoms with Crippen LogP contribution in [0.25, 0.3) is 50.2 Å². The molecule has 3 heteroatoms. The van der Waals surface area contributed by atoms with Gasteiger partial charge in [0.1, 0.15) is 0 Å². The molecule has 6 aromatic rings. The molecule has 0 unspecified atom stereocenters. The first kappa shape index (κ1) is 16.1. The summed E-state index contributed by atoms with van der Waals surface area (Å²) in [5, 5.41) is 0. The molecule has 0 aliphatic carbocycles. The fraction of sp³-hybridized carbons (Fsp3) is 0.0385. The zero-order valence-electron chi connectivity index (χ0n) is 16.0. The summed E-state index contributed by atoms with van der Waals surface area (Å²) in [7, 11) is 0. The summed E-state index contributed by atoms with van der Waals surface area (Å²) in [5.74, 6) is 0.631. The van der Waals surface area contributed by atoms with Crippen molar-refractivity contribution in [1.29, 1.82) is 0 Å². The van der Waals surface area contributed by atoms with E-state index in [0.717, 1.165) is 22.1 Å². The first-order chi connectivity index (χ1) is 14.3. The standard InChI is InChI=1S/C26H18N2O/c1-17-6-4-7-18(14-17)19-8-5-9-20(15-19)21-12-13-22-24(16-21)28-23-10-2-3-11-25(23)29-26(28)27-22/h2-16H,1H3. The topological polar surface area (TPSA) is 30.4 Å². The van der Waals surface area contributed by atoms with Crippen LogP contribution in [0.3, 0.4) is 0 Å². The molecular weight excluding hydrogens is 356 g/mol. The molecule has 0 saturated carbocycles. The van der Waals surface area contributed by atoms with Crippen LogP contribution in [-0.4, -0.2) is 9.38 Å². The Balaban J connectivity index is 1.54. The van der Waals surface area contributed by atoms with Gasteiger partial charge in [-0.1, -0.05) is 66.2 Å². The molecule has 0 N–H and O–H groups in total. The minimum absolute atomic E-state index is 0.631. The molecule has 0 aliphatic heterocycles. The second-order valence-corrected chi connectivity index (χ2v) is 7.45. The zero-order chi connectivity index (χ0) is 19.4. The van der Waals surface area contributed by atoms with E-state index in [9.17, 15) is 0 Å². The fourth-order valence-electron chi connectivity index (χ4n) is 4.06. The summed E-state index contributed by atoms with van der Waals surface area (Å²) in [6.07, 6.45) is 0. The van der Waals surface area contributed by atoms with Gasteiger partial charge in [-0.15, -0.1) is 0 Å². The van der Waals surface area contributed by atoms with Crippen molar-refractivity contribution in [2.45, 2.75) is 6.92 Å². The predicted octanol–water partition coefficient (Wildman–Crippen LogP) is 6.88. The van der Waals surface area contributed by atoms with Gasteiger partial charge in [0.2, 0.25) is 0 Å². The van der Waals surface area contributed by atoms with Gasteiger partial charge in [-0.2, -0.15) is 4.98 Å². The lowest BCUT2D eigenvalue weighted by Crippen LogP contribution is -1.84. The van der Waals surface area contributed by atoms with E-state index < -0.39 is 0 Å². The molecule has 0 bridgehead atoms. The Morgan fingerprint density at radius 1 is 0.655 bits per heavy atom. The quantitative estimate of drug-likeness (QED) is 0.331. The van der Waals surface area contributed by atoms with Crippen molar-refractivity contribution in [2.75, 3.05) is 0 Å². The second-order valence-electron chi connectivity index (χ2n) is 7.45. The van der Waals surface area contributed by atoms with Crippen molar-refractivity contribution in [3.05, 3.63) is 96.6 Å². The van der Waals surface area contributed by atoms with Crippen molar-refractivity contribution in [3.63, 3.8) is 0 Å². The summed E-state index contributed by atoms with van der Waals surface area (Å²) in [6, 6.07) is 31.8. The maximum atomic E-state index is 5.92. The Morgan fingerprint density at radius 2 is 1.38 bits per heavy atom. The lowest BCUT2D eigenvalue weighted by atomic mass is 9.98. The molecule has 0 amide bonds. The second kappa shape index (κ2) is 6.08. The summed E-state index contributed by atoms with van der Waals surface area (Å²) in [6.45, 7) is 2.13. The number of nitrogens with zero attached hydrogens (tertiary/aromatic N) is 2. The van der Waals surface area contributed by atoms with Crippen molar-refractivity contribution in [2.24, 2.45) is 0 Å². The molecule has 0 fully saturated rings. The fourth-order valence-corrected chi connectivity index (χ4v) is 4.06. The molecule has 0 aliphatic rings. The number of aryl methyl sites for hydroxylation is 1. The highest BCUT2D eigenvalue weighted by Gasteiger charge is 2.13. The van der Waals surface area contributed by atoms with E-state index in [0.29, 0.717) is 5.84 Å². The number of oxazole rings is 1. The maximum absolute atomic E-state index is 5.92. The van der Waals surface area contributed by atoms with Gasteiger partial charge in [0.25, 0.3) is 0 Å². The number of benzene rings is 4. The minimum Gasteiger partial charge on any atom is -0.423 e. The monoisotopic (exact) mass is 374 g/mol. The van der Waals surface area contributed by atoms with Gasteiger partial charge in [0.15, 0.2) is 5.58 Å². The van der Waals surface area contributed by atoms with Crippen LogP contribution in [0.15, 0.2) is 95.4 Å². The number of aromatic nitrogens is 2. The van der Waals surface area contributed by atoms with Gasteiger partial charge in [0.05, 0.1) is 16.6 Å². The van der Waals surface area contributed by atoms with Gasteiger partial charge < -0.3 is 4.42 Å². The highest BCUT2D eigenvalue weighted by atomic mass is 16.4. The number of fused-ring (bicyclic) bond motifs is 5. The highest BCUT2D eigenvalue weighted by Crippen LogP contribution is 2.31. The highest BCUT2D eigenvalue weighted by molar-refractivity contribution is 5.90. The van der Waals surface area contributed by atoms with Gasteiger partial charge in [-0.05, 0) is 59.5 Å². The van der Waals surface area contributed by atoms with Gasteiger partial charge in [-0.3, -0.25) is 4.40 Å². The lowest BCUT2D eigenvalue weighted by Gasteiger charge is -2.07. The number of hydrogen-bond donors (Lipinski definition) is 0. The first-order valence-corrected chi connectivity index (χ1v) is 9.73. The normalized spacial score (nSPS) is 11.6. The first-order valence-electron chi connectivity index (χ1n) is 9.73. The molecule has 0 spiro atoms. The number of para-hydroxylation sites is 2. The SMILES string of the molecule is Cc1cccc(-c2cccc(-c3ccc4nc5oc6ccccc6n5c4c3)c2)c1. The van der Waals surface area contributed by atoms with E-state index in [1.165, 1.54) is 27.8 Å². The summed E-state index contributed by atoms with van der Waals surface area (Å²) in [4.78, 5) is 4.66. The van der Waals surface area contributed by atoms with Crippen LogP contribution in [0.5, 0.6) is 0 Å². The Morgan fingerprint density at radius 3 is 2.21 bits per heavy atom. The van der Waals surface area contributed by atoms with Crippen LogP contribution >= 0.6 is 0 Å². The van der Waals surface area contributed by atoms with Crippen LogP contribution < -0.4 is 0 Å². The average Bonchev–Trinajstić information content (AvgIpc) is 3.29. The number of imidazole rings is 1. The lowest BCUT2D eigenvalue weighted by molar-refractivity contribution is 0.643. The van der Waals surface area contributed by atoms with Crippen molar-refractivity contribution in [3.8, 4) is 22.3 Å². The summed E-state index contributed by atoms with van der Waals surface area (Å²) < 4.78 is 8.02. The van der Waals surface area contributed by atoms with Crippen LogP contribution in [0.1, 0.15) is 5.56 Å². The molecule has 2 heterocycles. The molecule has 29 heavy (non-hydrogen) atoms. The van der Waals surface area contributed by atoms with Crippen LogP contribution in [0.2, 0.25) is 0 Å². The summed E-state index contributed by atoms with van der Waals surface area (Å²) in [5.41, 5.74) is 9.96. The molecule has 0 saturated heterocycles. The average molecular weight is 374 g/mol. The number of rotatable bonds is 2. The molecule has 6 rings (SSSR count). The van der Waals surface area contributed by atoms with Crippen LogP contribution in [0.4, 0.5) is 0 Å². The maximum Gasteiger partial charge on any atom is 0.307 e. The Kier molecular flexibility index (Phi) is 3.38. The van der Waals surface area contributed by atoms with Gasteiger partial charge >= 0.3 is 5.84 Å². The minimum atomic E-state index is 0.631. The molecule has 2 aromatic heterocycles. The van der Waals surface area contributed by atoms with E-state index in [-0.39, 0.29) is 0 Å². The Hall–Kier alpha value is -3.85. The Labute approximate surface area is 167 Å². The van der Waals surface area contributed by atoms with Crippen LogP contribution in [0, 0.1) is 6.92 Å². The predicted molar refractivity (Wildman–Crippen MR) is 118 cm³/mol. The molecule has 3 nitrogen and oxygen atoms in total. The van der Waals surface area contributed by atoms with Crippen molar-refractivity contribution in [1.82, 2.24) is 9.38 Å². The van der Waals surface area contributed by atoms with Crippen molar-refractivity contribution >= 4 is 28.0 Å². The molecule has 0 atom stereocenters. The molecule has 4 aromatic carbocycles. The van der Waals surface area contributed by atoms with Crippen LogP contribution in [-0.2, 0) is 0 Å². The Bertz CT molecular complexity index is 1520. The largest absolute Gasteiger partial charge is 0.423 e. The number of hydrogen-bond acceptors (Lipinski definition) is 2. The third-order valence-electron chi connectivity index (χ3n) is 5.48. The van der Waals surface area contributed by atoms with Gasteiger partial charge in [-0.25, -0.2) is 0 Å².